The third-order valence-electron chi connectivity index (χ3n) is 3.01. The molecular formula is C15H15NO2. The summed E-state index contributed by atoms with van der Waals surface area (Å²) in [7, 11) is 0. The molecule has 1 heterocycles. The summed E-state index contributed by atoms with van der Waals surface area (Å²) in [5.74, 6) is -1.50. The topological polar surface area (TPSA) is 50.2 Å². The maximum absolute atomic E-state index is 11.5. The van der Waals surface area contributed by atoms with Gasteiger partial charge in [0.1, 0.15) is 5.92 Å². The smallest absolute Gasteiger partial charge is 0.315 e. The van der Waals surface area contributed by atoms with Gasteiger partial charge in [-0.3, -0.25) is 9.78 Å². The van der Waals surface area contributed by atoms with Crippen molar-refractivity contribution < 1.29 is 9.90 Å². The van der Waals surface area contributed by atoms with E-state index < -0.39 is 11.9 Å². The summed E-state index contributed by atoms with van der Waals surface area (Å²) in [6, 6.07) is 9.43. The molecule has 1 unspecified atom stereocenters. The molecule has 2 rings (SSSR count). The van der Waals surface area contributed by atoms with Gasteiger partial charge in [0.05, 0.1) is 0 Å². The van der Waals surface area contributed by atoms with Gasteiger partial charge in [0.15, 0.2) is 0 Å². The molecule has 1 aromatic heterocycles. The number of aromatic nitrogens is 1. The number of rotatable bonds is 3. The van der Waals surface area contributed by atoms with E-state index in [0.717, 1.165) is 16.7 Å². The van der Waals surface area contributed by atoms with E-state index >= 15 is 0 Å². The molecular weight excluding hydrogens is 226 g/mol. The predicted molar refractivity (Wildman–Crippen MR) is 69.6 cm³/mol. The molecule has 92 valence electrons. The average Bonchev–Trinajstić information content (AvgIpc) is 2.35. The van der Waals surface area contributed by atoms with Crippen molar-refractivity contribution in [2.24, 2.45) is 0 Å². The first-order valence-corrected chi connectivity index (χ1v) is 5.79. The zero-order chi connectivity index (χ0) is 13.1. The highest BCUT2D eigenvalue weighted by molar-refractivity contribution is 5.80. The highest BCUT2D eigenvalue weighted by Gasteiger charge is 2.23. The van der Waals surface area contributed by atoms with Gasteiger partial charge >= 0.3 is 5.97 Å². The fourth-order valence-electron chi connectivity index (χ4n) is 2.07. The Hall–Kier alpha value is -2.16. The molecule has 0 spiro atoms. The average molecular weight is 241 g/mol. The molecule has 0 radical (unpaired) electrons. The van der Waals surface area contributed by atoms with Crippen molar-refractivity contribution in [1.82, 2.24) is 4.98 Å². The largest absolute Gasteiger partial charge is 0.481 e. The summed E-state index contributed by atoms with van der Waals surface area (Å²) in [6.45, 7) is 3.90. The van der Waals surface area contributed by atoms with Crippen molar-refractivity contribution in [3.8, 4) is 0 Å². The van der Waals surface area contributed by atoms with Crippen LogP contribution in [0.15, 0.2) is 42.7 Å². The van der Waals surface area contributed by atoms with Crippen LogP contribution in [0.25, 0.3) is 0 Å². The molecule has 18 heavy (non-hydrogen) atoms. The summed E-state index contributed by atoms with van der Waals surface area (Å²) in [5, 5.41) is 9.47. The van der Waals surface area contributed by atoms with Gasteiger partial charge in [-0.15, -0.1) is 0 Å². The highest BCUT2D eigenvalue weighted by Crippen LogP contribution is 2.27. The van der Waals surface area contributed by atoms with E-state index in [-0.39, 0.29) is 0 Å². The fourth-order valence-corrected chi connectivity index (χ4v) is 2.07. The zero-order valence-corrected chi connectivity index (χ0v) is 10.4. The zero-order valence-electron chi connectivity index (χ0n) is 10.4. The number of carbonyl (C=O) groups is 1. The Kier molecular flexibility index (Phi) is 3.42. The standard InChI is InChI=1S/C15H15NO2/c1-10-5-6-11(2)13(8-10)14(15(17)18)12-4-3-7-16-9-12/h3-9,14H,1-2H3,(H,17,18). The van der Waals surface area contributed by atoms with Gasteiger partial charge in [-0.05, 0) is 36.6 Å². The van der Waals surface area contributed by atoms with E-state index in [0.29, 0.717) is 5.56 Å². The Bertz CT molecular complexity index is 564. The summed E-state index contributed by atoms with van der Waals surface area (Å²) in [6.07, 6.45) is 3.26. The number of hydrogen-bond donors (Lipinski definition) is 1. The summed E-state index contributed by atoms with van der Waals surface area (Å²) in [5.41, 5.74) is 3.58. The summed E-state index contributed by atoms with van der Waals surface area (Å²) < 4.78 is 0. The maximum atomic E-state index is 11.5. The summed E-state index contributed by atoms with van der Waals surface area (Å²) in [4.78, 5) is 15.5. The molecule has 0 fully saturated rings. The molecule has 1 N–H and O–H groups in total. The summed E-state index contributed by atoms with van der Waals surface area (Å²) >= 11 is 0. The third kappa shape index (κ3) is 2.40. The van der Waals surface area contributed by atoms with Crippen molar-refractivity contribution in [3.05, 3.63) is 65.0 Å². The van der Waals surface area contributed by atoms with Crippen molar-refractivity contribution in [2.45, 2.75) is 19.8 Å². The van der Waals surface area contributed by atoms with Gasteiger partial charge in [0, 0.05) is 12.4 Å². The third-order valence-corrected chi connectivity index (χ3v) is 3.01. The van der Waals surface area contributed by atoms with Crippen LogP contribution in [-0.2, 0) is 4.79 Å². The lowest BCUT2D eigenvalue weighted by Gasteiger charge is -2.16. The molecule has 0 saturated heterocycles. The van der Waals surface area contributed by atoms with Crippen molar-refractivity contribution in [2.75, 3.05) is 0 Å². The molecule has 1 aromatic carbocycles. The molecule has 0 aliphatic carbocycles. The van der Waals surface area contributed by atoms with Crippen LogP contribution >= 0.6 is 0 Å². The molecule has 0 aliphatic rings. The minimum atomic E-state index is -0.850. The number of benzene rings is 1. The van der Waals surface area contributed by atoms with E-state index in [2.05, 4.69) is 4.98 Å². The van der Waals surface area contributed by atoms with Gasteiger partial charge in [-0.2, -0.15) is 0 Å². The molecule has 3 heteroatoms. The first kappa shape index (κ1) is 12.3. The Morgan fingerprint density at radius 2 is 2.06 bits per heavy atom. The van der Waals surface area contributed by atoms with Crippen molar-refractivity contribution >= 4 is 5.97 Å². The minimum Gasteiger partial charge on any atom is -0.481 e. The maximum Gasteiger partial charge on any atom is 0.315 e. The van der Waals surface area contributed by atoms with Crippen LogP contribution in [0.2, 0.25) is 0 Å². The number of hydrogen-bond acceptors (Lipinski definition) is 2. The number of aliphatic carboxylic acids is 1. The first-order valence-electron chi connectivity index (χ1n) is 5.79. The van der Waals surface area contributed by atoms with Gasteiger partial charge in [0.2, 0.25) is 0 Å². The minimum absolute atomic E-state index is 0.654. The fraction of sp³-hybridized carbons (Fsp3) is 0.200. The molecule has 3 nitrogen and oxygen atoms in total. The second-order valence-corrected chi connectivity index (χ2v) is 4.42. The van der Waals surface area contributed by atoms with Crippen molar-refractivity contribution in [3.63, 3.8) is 0 Å². The van der Waals surface area contributed by atoms with Crippen LogP contribution < -0.4 is 0 Å². The monoisotopic (exact) mass is 241 g/mol. The van der Waals surface area contributed by atoms with Gasteiger partial charge in [-0.1, -0.05) is 29.8 Å². The van der Waals surface area contributed by atoms with Crippen LogP contribution in [0.5, 0.6) is 0 Å². The Morgan fingerprint density at radius 1 is 1.28 bits per heavy atom. The number of carboxylic acids is 1. The molecule has 0 saturated carbocycles. The predicted octanol–water partition coefficient (Wildman–Crippen LogP) is 2.91. The Balaban J connectivity index is 2.55. The Labute approximate surface area is 106 Å². The lowest BCUT2D eigenvalue weighted by atomic mass is 9.88. The number of aryl methyl sites for hydroxylation is 2. The van der Waals surface area contributed by atoms with E-state index in [1.54, 1.807) is 24.5 Å². The second kappa shape index (κ2) is 5.00. The molecule has 0 bridgehead atoms. The SMILES string of the molecule is Cc1ccc(C)c(C(C(=O)O)c2cccnc2)c1. The lowest BCUT2D eigenvalue weighted by Crippen LogP contribution is -2.14. The van der Waals surface area contributed by atoms with Crippen LogP contribution in [-0.4, -0.2) is 16.1 Å². The van der Waals surface area contributed by atoms with Gasteiger partial charge in [-0.25, -0.2) is 0 Å². The van der Waals surface area contributed by atoms with Crippen LogP contribution in [0.3, 0.4) is 0 Å². The molecule has 2 aromatic rings. The van der Waals surface area contributed by atoms with Gasteiger partial charge < -0.3 is 5.11 Å². The second-order valence-electron chi connectivity index (χ2n) is 4.42. The van der Waals surface area contributed by atoms with E-state index in [4.69, 9.17) is 0 Å². The van der Waals surface area contributed by atoms with E-state index in [1.165, 1.54) is 0 Å². The molecule has 0 amide bonds. The first-order chi connectivity index (χ1) is 8.59. The molecule has 0 aliphatic heterocycles. The van der Waals surface area contributed by atoms with Crippen LogP contribution in [0.4, 0.5) is 0 Å². The molecule has 1 atom stereocenters. The van der Waals surface area contributed by atoms with Crippen LogP contribution in [0.1, 0.15) is 28.2 Å². The van der Waals surface area contributed by atoms with E-state index in [9.17, 15) is 9.90 Å². The lowest BCUT2D eigenvalue weighted by molar-refractivity contribution is -0.137. The number of carboxylic acid groups (broad SMARTS) is 1. The van der Waals surface area contributed by atoms with Crippen LogP contribution in [0, 0.1) is 13.8 Å². The number of pyridine rings is 1. The quantitative estimate of drug-likeness (QED) is 0.898. The highest BCUT2D eigenvalue weighted by atomic mass is 16.4. The Morgan fingerprint density at radius 3 is 2.67 bits per heavy atom. The number of nitrogens with zero attached hydrogens (tertiary/aromatic N) is 1. The normalized spacial score (nSPS) is 12.1. The van der Waals surface area contributed by atoms with E-state index in [1.807, 2.05) is 32.0 Å². The van der Waals surface area contributed by atoms with Gasteiger partial charge in [0.25, 0.3) is 0 Å². The van der Waals surface area contributed by atoms with Crippen molar-refractivity contribution in [1.29, 1.82) is 0 Å².